The average molecular weight is 444 g/mol. The zero-order chi connectivity index (χ0) is 15.9. The van der Waals surface area contributed by atoms with Crippen LogP contribution in [0.2, 0.25) is 0 Å². The Balaban J connectivity index is 0.00000441. The van der Waals surface area contributed by atoms with Gasteiger partial charge in [-0.2, -0.15) is 4.31 Å². The molecule has 8 heteroatoms. The molecular formula is C14H29IN4O2S. The molecule has 0 aliphatic carbocycles. The van der Waals surface area contributed by atoms with Crippen LogP contribution < -0.4 is 5.32 Å². The molecule has 1 aliphatic rings. The Labute approximate surface area is 152 Å². The van der Waals surface area contributed by atoms with Gasteiger partial charge in [0.25, 0.3) is 0 Å². The first kappa shape index (κ1) is 21.6. The first-order valence-corrected chi connectivity index (χ1v) is 9.24. The van der Waals surface area contributed by atoms with Gasteiger partial charge in [0.1, 0.15) is 0 Å². The number of aliphatic imine (C=N–C) groups is 1. The molecule has 130 valence electrons. The van der Waals surface area contributed by atoms with Gasteiger partial charge in [-0.1, -0.05) is 6.08 Å². The summed E-state index contributed by atoms with van der Waals surface area (Å²) in [5, 5.41) is 3.28. The first-order chi connectivity index (χ1) is 9.90. The van der Waals surface area contributed by atoms with E-state index in [-0.39, 0.29) is 30.0 Å². The lowest BCUT2D eigenvalue weighted by Crippen LogP contribution is -2.46. The second-order valence-electron chi connectivity index (χ2n) is 5.45. The van der Waals surface area contributed by atoms with Crippen LogP contribution in [0.15, 0.2) is 17.6 Å². The van der Waals surface area contributed by atoms with Crippen molar-refractivity contribution < 1.29 is 8.42 Å². The molecule has 1 rings (SSSR count). The molecule has 0 radical (unpaired) electrons. The molecule has 1 N–H and O–H groups in total. The number of sulfonamides is 1. The molecular weight excluding hydrogens is 415 g/mol. The summed E-state index contributed by atoms with van der Waals surface area (Å²) in [4.78, 5) is 6.31. The Morgan fingerprint density at radius 3 is 2.77 bits per heavy atom. The van der Waals surface area contributed by atoms with Gasteiger partial charge < -0.3 is 10.2 Å². The maximum atomic E-state index is 11.7. The maximum absolute atomic E-state index is 11.7. The van der Waals surface area contributed by atoms with E-state index in [0.717, 1.165) is 38.2 Å². The van der Waals surface area contributed by atoms with E-state index >= 15 is 0 Å². The van der Waals surface area contributed by atoms with Crippen molar-refractivity contribution in [2.75, 3.05) is 40.0 Å². The van der Waals surface area contributed by atoms with Crippen molar-refractivity contribution in [1.82, 2.24) is 14.5 Å². The highest BCUT2D eigenvalue weighted by atomic mass is 127. The van der Waals surface area contributed by atoms with Crippen molar-refractivity contribution in [3.05, 3.63) is 12.7 Å². The van der Waals surface area contributed by atoms with Gasteiger partial charge in [0.2, 0.25) is 10.0 Å². The number of rotatable bonds is 7. The standard InChI is InChI=1S/C14H28N4O2S.HI/c1-5-6-7-10-17(3)14(15-2)16-12-13-9-8-11-18(13)21(4,19)20;/h5,13H,1,6-12H2,2-4H3,(H,15,16);1H/t13-;/m1./s1. The Morgan fingerprint density at radius 1 is 1.55 bits per heavy atom. The molecule has 0 aromatic heterocycles. The van der Waals surface area contributed by atoms with E-state index in [1.807, 2.05) is 13.1 Å². The summed E-state index contributed by atoms with van der Waals surface area (Å²) in [7, 11) is 0.617. The number of hydrogen-bond acceptors (Lipinski definition) is 3. The third-order valence-corrected chi connectivity index (χ3v) is 5.05. The normalized spacial score (nSPS) is 19.6. The van der Waals surface area contributed by atoms with Gasteiger partial charge in [-0.05, 0) is 25.7 Å². The van der Waals surface area contributed by atoms with Crippen molar-refractivity contribution >= 4 is 40.0 Å². The molecule has 6 nitrogen and oxygen atoms in total. The largest absolute Gasteiger partial charge is 0.355 e. The predicted octanol–water partition coefficient (Wildman–Crippen LogP) is 1.50. The van der Waals surface area contributed by atoms with Crippen molar-refractivity contribution in [1.29, 1.82) is 0 Å². The van der Waals surface area contributed by atoms with Crippen LogP contribution in [-0.4, -0.2) is 69.6 Å². The van der Waals surface area contributed by atoms with E-state index in [9.17, 15) is 8.42 Å². The van der Waals surface area contributed by atoms with E-state index < -0.39 is 10.0 Å². The molecule has 1 heterocycles. The zero-order valence-electron chi connectivity index (χ0n) is 13.8. The highest BCUT2D eigenvalue weighted by Gasteiger charge is 2.31. The van der Waals surface area contributed by atoms with Gasteiger partial charge >= 0.3 is 0 Å². The number of nitrogens with zero attached hydrogens (tertiary/aromatic N) is 3. The summed E-state index contributed by atoms with van der Waals surface area (Å²) in [6.45, 7) is 5.84. The highest BCUT2D eigenvalue weighted by molar-refractivity contribution is 14.0. The number of unbranched alkanes of at least 4 members (excludes halogenated alkanes) is 1. The predicted molar refractivity (Wildman–Crippen MR) is 103 cm³/mol. The van der Waals surface area contributed by atoms with Gasteiger partial charge in [0.15, 0.2) is 5.96 Å². The van der Waals surface area contributed by atoms with Crippen LogP contribution in [-0.2, 0) is 10.0 Å². The van der Waals surface area contributed by atoms with Crippen LogP contribution in [0, 0.1) is 0 Å². The summed E-state index contributed by atoms with van der Waals surface area (Å²) in [5.74, 6) is 0.805. The van der Waals surface area contributed by atoms with Crippen LogP contribution in [0.5, 0.6) is 0 Å². The summed E-state index contributed by atoms with van der Waals surface area (Å²) in [6, 6.07) is 0.0262. The number of halogens is 1. The average Bonchev–Trinajstić information content (AvgIpc) is 2.88. The molecule has 0 spiro atoms. The van der Waals surface area contributed by atoms with Crippen LogP contribution in [0.3, 0.4) is 0 Å². The van der Waals surface area contributed by atoms with Crippen LogP contribution in [0.25, 0.3) is 0 Å². The summed E-state index contributed by atoms with van der Waals surface area (Å²) < 4.78 is 25.0. The minimum Gasteiger partial charge on any atom is -0.355 e. The van der Waals surface area contributed by atoms with Gasteiger partial charge in [0, 0.05) is 39.8 Å². The molecule has 1 atom stereocenters. The smallest absolute Gasteiger partial charge is 0.211 e. The van der Waals surface area contributed by atoms with Crippen molar-refractivity contribution in [3.63, 3.8) is 0 Å². The first-order valence-electron chi connectivity index (χ1n) is 7.39. The maximum Gasteiger partial charge on any atom is 0.211 e. The second-order valence-corrected chi connectivity index (χ2v) is 7.39. The molecule has 0 saturated carbocycles. The Kier molecular flexibility index (Phi) is 10.3. The molecule has 1 aliphatic heterocycles. The summed E-state index contributed by atoms with van der Waals surface area (Å²) in [6.07, 6.45) is 7.02. The van der Waals surface area contributed by atoms with Crippen molar-refractivity contribution in [2.24, 2.45) is 4.99 Å². The third kappa shape index (κ3) is 6.82. The minimum atomic E-state index is -3.12. The van der Waals surface area contributed by atoms with Crippen LogP contribution in [0.1, 0.15) is 25.7 Å². The molecule has 1 fully saturated rings. The monoisotopic (exact) mass is 444 g/mol. The van der Waals surface area contributed by atoms with E-state index in [1.165, 1.54) is 6.26 Å². The second kappa shape index (κ2) is 10.4. The fraction of sp³-hybridized carbons (Fsp3) is 0.786. The molecule has 0 unspecified atom stereocenters. The molecule has 0 amide bonds. The van der Waals surface area contributed by atoms with Crippen LogP contribution >= 0.6 is 24.0 Å². The fourth-order valence-electron chi connectivity index (χ4n) is 2.62. The van der Waals surface area contributed by atoms with E-state index in [1.54, 1.807) is 11.4 Å². The quantitative estimate of drug-likeness (QED) is 0.213. The van der Waals surface area contributed by atoms with Crippen LogP contribution in [0.4, 0.5) is 0 Å². The topological polar surface area (TPSA) is 65.0 Å². The Hall–Kier alpha value is -0.350. The van der Waals surface area contributed by atoms with E-state index in [2.05, 4.69) is 21.8 Å². The lowest BCUT2D eigenvalue weighted by atomic mass is 10.2. The van der Waals surface area contributed by atoms with Crippen molar-refractivity contribution in [3.8, 4) is 0 Å². The summed E-state index contributed by atoms with van der Waals surface area (Å²) in [5.41, 5.74) is 0. The molecule has 0 bridgehead atoms. The molecule has 0 aromatic carbocycles. The van der Waals surface area contributed by atoms with Crippen molar-refractivity contribution in [2.45, 2.75) is 31.7 Å². The third-order valence-electron chi connectivity index (χ3n) is 3.72. The van der Waals surface area contributed by atoms with Gasteiger partial charge in [-0.25, -0.2) is 8.42 Å². The zero-order valence-corrected chi connectivity index (χ0v) is 16.9. The molecule has 1 saturated heterocycles. The SMILES string of the molecule is C=CCCCN(C)C(=NC)NC[C@H]1CCCN1S(C)(=O)=O.I. The number of allylic oxidation sites excluding steroid dienone is 1. The summed E-state index contributed by atoms with van der Waals surface area (Å²) >= 11 is 0. The number of nitrogens with one attached hydrogen (secondary N) is 1. The molecule has 0 aromatic rings. The lowest BCUT2D eigenvalue weighted by Gasteiger charge is -2.26. The van der Waals surface area contributed by atoms with Gasteiger partial charge in [-0.15, -0.1) is 30.6 Å². The van der Waals surface area contributed by atoms with Gasteiger partial charge in [0.05, 0.1) is 6.26 Å². The highest BCUT2D eigenvalue weighted by Crippen LogP contribution is 2.19. The Morgan fingerprint density at radius 2 is 2.23 bits per heavy atom. The minimum absolute atomic E-state index is 0. The number of guanidine groups is 1. The number of hydrogen-bond donors (Lipinski definition) is 1. The van der Waals surface area contributed by atoms with Gasteiger partial charge in [-0.3, -0.25) is 4.99 Å². The van der Waals surface area contributed by atoms with E-state index in [0.29, 0.717) is 13.1 Å². The Bertz CT molecular complexity index is 467. The van der Waals surface area contributed by atoms with E-state index in [4.69, 9.17) is 0 Å². The fourth-order valence-corrected chi connectivity index (χ4v) is 3.80. The lowest BCUT2D eigenvalue weighted by molar-refractivity contribution is 0.380. The molecule has 22 heavy (non-hydrogen) atoms.